The minimum absolute atomic E-state index is 0.00528. The second-order valence-electron chi connectivity index (χ2n) is 6.84. The maximum atomic E-state index is 13.2. The van der Waals surface area contributed by atoms with Crippen LogP contribution >= 0.6 is 0 Å². The van der Waals surface area contributed by atoms with Crippen molar-refractivity contribution >= 4 is 17.5 Å². The lowest BCUT2D eigenvalue weighted by Gasteiger charge is -2.39. The Hall–Kier alpha value is -2.82. The summed E-state index contributed by atoms with van der Waals surface area (Å²) < 4.78 is 5.62. The number of rotatable bonds is 3. The molecule has 2 aliphatic heterocycles. The van der Waals surface area contributed by atoms with E-state index in [0.29, 0.717) is 31.0 Å². The van der Waals surface area contributed by atoms with Crippen molar-refractivity contribution in [3.05, 3.63) is 59.7 Å². The van der Waals surface area contributed by atoms with Crippen LogP contribution in [0.25, 0.3) is 0 Å². The standard InChI is InChI=1S/C21H22N2O3/c1-2-26-18-11-6-3-8-15(18)19(24)23-13-7-12-21(14-23)16-9-4-5-10-17(16)22-20(21)25/h3-6,8-11H,2,7,12-14H2,1H3,(H,22,25)/t21-/m0/s1. The highest BCUT2D eigenvalue weighted by Gasteiger charge is 2.50. The highest BCUT2D eigenvalue weighted by Crippen LogP contribution is 2.44. The number of nitrogens with one attached hydrogen (secondary N) is 1. The Morgan fingerprint density at radius 3 is 2.81 bits per heavy atom. The molecule has 0 aromatic heterocycles. The van der Waals surface area contributed by atoms with Crippen LogP contribution in [0.2, 0.25) is 0 Å². The van der Waals surface area contributed by atoms with E-state index in [0.717, 1.165) is 24.1 Å². The monoisotopic (exact) mass is 350 g/mol. The molecule has 1 spiro atoms. The lowest BCUT2D eigenvalue weighted by molar-refractivity contribution is -0.122. The average Bonchev–Trinajstić information content (AvgIpc) is 2.93. The second kappa shape index (κ2) is 6.48. The molecule has 0 bridgehead atoms. The summed E-state index contributed by atoms with van der Waals surface area (Å²) in [6.07, 6.45) is 1.55. The molecule has 2 amide bonds. The number of piperidine rings is 1. The fourth-order valence-electron chi connectivity index (χ4n) is 4.10. The smallest absolute Gasteiger partial charge is 0.257 e. The molecule has 134 valence electrons. The molecule has 1 N–H and O–H groups in total. The van der Waals surface area contributed by atoms with Crippen LogP contribution in [0.5, 0.6) is 5.75 Å². The molecule has 2 heterocycles. The van der Waals surface area contributed by atoms with E-state index in [4.69, 9.17) is 4.74 Å². The molecule has 5 heteroatoms. The molecule has 5 nitrogen and oxygen atoms in total. The number of nitrogens with zero attached hydrogens (tertiary/aromatic N) is 1. The number of amides is 2. The van der Waals surface area contributed by atoms with Crippen LogP contribution in [-0.4, -0.2) is 36.4 Å². The predicted molar refractivity (Wildman–Crippen MR) is 99.5 cm³/mol. The number of carbonyl (C=O) groups is 2. The van der Waals surface area contributed by atoms with Crippen LogP contribution in [0.3, 0.4) is 0 Å². The molecule has 1 saturated heterocycles. The number of likely N-dealkylation sites (tertiary alicyclic amines) is 1. The van der Waals surface area contributed by atoms with Gasteiger partial charge in [0.05, 0.1) is 17.6 Å². The summed E-state index contributed by atoms with van der Waals surface area (Å²) in [5.41, 5.74) is 1.77. The van der Waals surface area contributed by atoms with Gasteiger partial charge < -0.3 is 15.0 Å². The van der Waals surface area contributed by atoms with Crippen molar-refractivity contribution < 1.29 is 14.3 Å². The lowest BCUT2D eigenvalue weighted by atomic mass is 9.75. The van der Waals surface area contributed by atoms with Crippen LogP contribution in [0.15, 0.2) is 48.5 Å². The Labute approximate surface area is 153 Å². The number of fused-ring (bicyclic) bond motifs is 2. The zero-order valence-electron chi connectivity index (χ0n) is 14.8. The van der Waals surface area contributed by atoms with Gasteiger partial charge in [-0.3, -0.25) is 9.59 Å². The van der Waals surface area contributed by atoms with Crippen LogP contribution in [0, 0.1) is 0 Å². The van der Waals surface area contributed by atoms with Crippen molar-refractivity contribution in [2.75, 3.05) is 25.0 Å². The van der Waals surface area contributed by atoms with Gasteiger partial charge in [0.15, 0.2) is 0 Å². The maximum absolute atomic E-state index is 13.2. The van der Waals surface area contributed by atoms with Crippen LogP contribution in [0.4, 0.5) is 5.69 Å². The molecule has 0 unspecified atom stereocenters. The van der Waals surface area contributed by atoms with Crippen LogP contribution < -0.4 is 10.1 Å². The summed E-state index contributed by atoms with van der Waals surface area (Å²) in [5.74, 6) is 0.510. The van der Waals surface area contributed by atoms with Gasteiger partial charge in [-0.2, -0.15) is 0 Å². The van der Waals surface area contributed by atoms with Gasteiger partial charge in [0.25, 0.3) is 5.91 Å². The fraction of sp³-hybridized carbons (Fsp3) is 0.333. The van der Waals surface area contributed by atoms with Crippen molar-refractivity contribution in [2.24, 2.45) is 0 Å². The van der Waals surface area contributed by atoms with Gasteiger partial charge in [-0.25, -0.2) is 0 Å². The fourth-order valence-corrected chi connectivity index (χ4v) is 4.10. The molecule has 2 aromatic rings. The number of para-hydroxylation sites is 2. The first kappa shape index (κ1) is 16.6. The summed E-state index contributed by atoms with van der Waals surface area (Å²) in [7, 11) is 0. The van der Waals surface area contributed by atoms with E-state index in [1.165, 1.54) is 0 Å². The summed E-state index contributed by atoms with van der Waals surface area (Å²) in [6, 6.07) is 15.1. The third-order valence-electron chi connectivity index (χ3n) is 5.32. The van der Waals surface area contributed by atoms with E-state index in [9.17, 15) is 9.59 Å². The van der Waals surface area contributed by atoms with Crippen LogP contribution in [0.1, 0.15) is 35.7 Å². The SMILES string of the molecule is CCOc1ccccc1C(=O)N1CCC[C@@]2(C1)C(=O)Nc1ccccc12. The van der Waals surface area contributed by atoms with Crippen molar-refractivity contribution in [2.45, 2.75) is 25.2 Å². The first-order chi connectivity index (χ1) is 12.7. The first-order valence-corrected chi connectivity index (χ1v) is 9.08. The molecule has 0 radical (unpaired) electrons. The molecule has 26 heavy (non-hydrogen) atoms. The Morgan fingerprint density at radius 1 is 1.19 bits per heavy atom. The van der Waals surface area contributed by atoms with Gasteiger partial charge in [-0.15, -0.1) is 0 Å². The summed E-state index contributed by atoms with van der Waals surface area (Å²) in [4.78, 5) is 27.8. The molecule has 0 aliphatic carbocycles. The van der Waals surface area contributed by atoms with Crippen LogP contribution in [-0.2, 0) is 10.2 Å². The van der Waals surface area contributed by atoms with E-state index in [-0.39, 0.29) is 11.8 Å². The maximum Gasteiger partial charge on any atom is 0.257 e. The second-order valence-corrected chi connectivity index (χ2v) is 6.84. The number of benzene rings is 2. The zero-order chi connectivity index (χ0) is 18.1. The van der Waals surface area contributed by atoms with Gasteiger partial charge in [0.1, 0.15) is 5.75 Å². The van der Waals surface area contributed by atoms with Gasteiger partial charge >= 0.3 is 0 Å². The number of anilines is 1. The van der Waals surface area contributed by atoms with E-state index >= 15 is 0 Å². The first-order valence-electron chi connectivity index (χ1n) is 9.08. The molecule has 0 saturated carbocycles. The number of ether oxygens (including phenoxy) is 1. The average molecular weight is 350 g/mol. The van der Waals surface area contributed by atoms with E-state index < -0.39 is 5.41 Å². The minimum Gasteiger partial charge on any atom is -0.493 e. The van der Waals surface area contributed by atoms with Gasteiger partial charge in [0.2, 0.25) is 5.91 Å². The van der Waals surface area contributed by atoms with Gasteiger partial charge in [-0.1, -0.05) is 30.3 Å². The van der Waals surface area contributed by atoms with E-state index in [2.05, 4.69) is 5.32 Å². The Morgan fingerprint density at radius 2 is 1.96 bits per heavy atom. The Balaban J connectivity index is 1.66. The highest BCUT2D eigenvalue weighted by molar-refractivity contribution is 6.07. The zero-order valence-corrected chi connectivity index (χ0v) is 14.8. The van der Waals surface area contributed by atoms with Gasteiger partial charge in [0, 0.05) is 18.8 Å². The molecular weight excluding hydrogens is 328 g/mol. The normalized spacial score (nSPS) is 21.4. The number of hydrogen-bond acceptors (Lipinski definition) is 3. The van der Waals surface area contributed by atoms with Crippen molar-refractivity contribution in [1.82, 2.24) is 4.90 Å². The number of carbonyl (C=O) groups excluding carboxylic acids is 2. The summed E-state index contributed by atoms with van der Waals surface area (Å²) in [5, 5.41) is 2.99. The van der Waals surface area contributed by atoms with Gasteiger partial charge in [-0.05, 0) is 43.5 Å². The molecule has 2 aromatic carbocycles. The van der Waals surface area contributed by atoms with Crippen molar-refractivity contribution in [3.8, 4) is 5.75 Å². The molecular formula is C21H22N2O3. The summed E-state index contributed by atoms with van der Waals surface area (Å²) >= 11 is 0. The number of hydrogen-bond donors (Lipinski definition) is 1. The third-order valence-corrected chi connectivity index (χ3v) is 5.32. The molecule has 4 rings (SSSR count). The Kier molecular flexibility index (Phi) is 4.15. The quantitative estimate of drug-likeness (QED) is 0.925. The topological polar surface area (TPSA) is 58.6 Å². The van der Waals surface area contributed by atoms with Crippen molar-refractivity contribution in [1.29, 1.82) is 0 Å². The Bertz CT molecular complexity index is 864. The summed E-state index contributed by atoms with van der Waals surface area (Å²) in [6.45, 7) is 3.45. The lowest BCUT2D eigenvalue weighted by Crippen LogP contribution is -2.51. The van der Waals surface area contributed by atoms with Crippen molar-refractivity contribution in [3.63, 3.8) is 0 Å². The predicted octanol–water partition coefficient (Wildman–Crippen LogP) is 3.21. The molecule has 1 fully saturated rings. The minimum atomic E-state index is -0.648. The molecule has 1 atom stereocenters. The van der Waals surface area contributed by atoms with E-state index in [1.54, 1.807) is 11.0 Å². The third kappa shape index (κ3) is 2.55. The van der Waals surface area contributed by atoms with E-state index in [1.807, 2.05) is 49.4 Å². The molecule has 2 aliphatic rings. The highest BCUT2D eigenvalue weighted by atomic mass is 16.5. The largest absolute Gasteiger partial charge is 0.493 e.